The summed E-state index contributed by atoms with van der Waals surface area (Å²) >= 11 is 0. The van der Waals surface area contributed by atoms with Gasteiger partial charge in [-0.25, -0.2) is 0 Å². The molecular weight excluding hydrogens is 320 g/mol. The van der Waals surface area contributed by atoms with E-state index in [1.54, 1.807) is 54.9 Å². The van der Waals surface area contributed by atoms with Gasteiger partial charge in [0, 0.05) is 18.3 Å². The highest BCUT2D eigenvalue weighted by Gasteiger charge is 2.04. The lowest BCUT2D eigenvalue weighted by Gasteiger charge is -2.06. The number of nitrogens with zero attached hydrogens (tertiary/aromatic N) is 4. The van der Waals surface area contributed by atoms with Crippen LogP contribution in [0.15, 0.2) is 83.3 Å². The van der Waals surface area contributed by atoms with E-state index in [4.69, 9.17) is 4.74 Å². The van der Waals surface area contributed by atoms with Crippen molar-refractivity contribution in [1.82, 2.24) is 4.98 Å². The molecule has 0 aliphatic carbocycles. The molecule has 0 atom stereocenters. The van der Waals surface area contributed by atoms with Crippen LogP contribution in [0.1, 0.15) is 5.56 Å². The van der Waals surface area contributed by atoms with Gasteiger partial charge in [-0.15, -0.1) is 5.11 Å². The molecule has 2 aromatic carbocycles. The van der Waals surface area contributed by atoms with Crippen molar-refractivity contribution in [3.63, 3.8) is 0 Å². The van der Waals surface area contributed by atoms with E-state index in [1.165, 1.54) is 12.1 Å². The van der Waals surface area contributed by atoms with Gasteiger partial charge in [0.05, 0.1) is 16.8 Å². The van der Waals surface area contributed by atoms with Gasteiger partial charge in [0.2, 0.25) is 0 Å². The van der Waals surface area contributed by atoms with E-state index >= 15 is 0 Å². The lowest BCUT2D eigenvalue weighted by Crippen LogP contribution is -1.95. The lowest BCUT2D eigenvalue weighted by atomic mass is 10.2. The molecule has 124 valence electrons. The Bertz CT molecular complexity index is 863. The Morgan fingerprint density at radius 1 is 0.960 bits per heavy atom. The third-order valence-electron chi connectivity index (χ3n) is 3.32. The Balaban J connectivity index is 1.57. The molecule has 0 saturated heterocycles. The second-order valence-corrected chi connectivity index (χ2v) is 5.12. The highest BCUT2D eigenvalue weighted by atomic mass is 16.6. The van der Waals surface area contributed by atoms with Crippen molar-refractivity contribution in [2.45, 2.75) is 6.61 Å². The summed E-state index contributed by atoms with van der Waals surface area (Å²) in [6, 6.07) is 17.1. The minimum Gasteiger partial charge on any atom is -0.489 e. The SMILES string of the molecule is O=[N+]([O-])c1ccc(COc2ccc(N=Nc3cccnc3)cc2)cc1. The summed E-state index contributed by atoms with van der Waals surface area (Å²) in [6.45, 7) is 0.328. The monoisotopic (exact) mass is 334 g/mol. The zero-order chi connectivity index (χ0) is 17.5. The van der Waals surface area contributed by atoms with Crippen LogP contribution in [0.3, 0.4) is 0 Å². The second kappa shape index (κ2) is 7.78. The highest BCUT2D eigenvalue weighted by Crippen LogP contribution is 2.21. The Hall–Kier alpha value is -3.61. The van der Waals surface area contributed by atoms with E-state index in [0.29, 0.717) is 23.7 Å². The van der Waals surface area contributed by atoms with Crippen LogP contribution in [0, 0.1) is 10.1 Å². The molecule has 1 aromatic heterocycles. The third-order valence-corrected chi connectivity index (χ3v) is 3.32. The summed E-state index contributed by atoms with van der Waals surface area (Å²) < 4.78 is 5.66. The Kier molecular flexibility index (Phi) is 5.06. The van der Waals surface area contributed by atoms with Crippen molar-refractivity contribution < 1.29 is 9.66 Å². The molecule has 0 bridgehead atoms. The van der Waals surface area contributed by atoms with Crippen LogP contribution in [0.2, 0.25) is 0 Å². The summed E-state index contributed by atoms with van der Waals surface area (Å²) in [6.07, 6.45) is 3.31. The van der Waals surface area contributed by atoms with Gasteiger partial charge in [0.1, 0.15) is 18.0 Å². The molecule has 7 heteroatoms. The topological polar surface area (TPSA) is 90.0 Å². The Labute approximate surface area is 143 Å². The van der Waals surface area contributed by atoms with E-state index in [9.17, 15) is 10.1 Å². The fraction of sp³-hybridized carbons (Fsp3) is 0.0556. The molecule has 0 aliphatic heterocycles. The minimum absolute atomic E-state index is 0.0621. The van der Waals surface area contributed by atoms with Gasteiger partial charge in [0.25, 0.3) is 5.69 Å². The van der Waals surface area contributed by atoms with E-state index in [-0.39, 0.29) is 5.69 Å². The largest absolute Gasteiger partial charge is 0.489 e. The van der Waals surface area contributed by atoms with Crippen molar-refractivity contribution in [1.29, 1.82) is 0 Å². The molecule has 0 amide bonds. The van der Waals surface area contributed by atoms with Gasteiger partial charge in [-0.1, -0.05) is 0 Å². The van der Waals surface area contributed by atoms with E-state index in [1.807, 2.05) is 6.07 Å². The summed E-state index contributed by atoms with van der Waals surface area (Å²) in [5, 5.41) is 18.8. The number of hydrogen-bond donors (Lipinski definition) is 0. The first-order valence-corrected chi connectivity index (χ1v) is 7.49. The van der Waals surface area contributed by atoms with Gasteiger partial charge in [-0.3, -0.25) is 15.1 Å². The quantitative estimate of drug-likeness (QED) is 0.361. The number of nitro groups is 1. The van der Waals surface area contributed by atoms with Crippen molar-refractivity contribution in [3.8, 4) is 5.75 Å². The van der Waals surface area contributed by atoms with Crippen molar-refractivity contribution in [3.05, 3.63) is 88.7 Å². The zero-order valence-electron chi connectivity index (χ0n) is 13.1. The molecule has 25 heavy (non-hydrogen) atoms. The maximum atomic E-state index is 10.6. The fourth-order valence-electron chi connectivity index (χ4n) is 2.02. The lowest BCUT2D eigenvalue weighted by molar-refractivity contribution is -0.384. The molecule has 7 nitrogen and oxygen atoms in total. The summed E-state index contributed by atoms with van der Waals surface area (Å²) in [5.74, 6) is 0.679. The van der Waals surface area contributed by atoms with Gasteiger partial charge >= 0.3 is 0 Å². The summed E-state index contributed by atoms with van der Waals surface area (Å²) in [4.78, 5) is 14.2. The first-order chi connectivity index (χ1) is 12.2. The van der Waals surface area contributed by atoms with Crippen LogP contribution in [0.5, 0.6) is 5.75 Å². The smallest absolute Gasteiger partial charge is 0.269 e. The molecule has 0 unspecified atom stereocenters. The normalized spacial score (nSPS) is 10.7. The van der Waals surface area contributed by atoms with Crippen molar-refractivity contribution >= 4 is 17.1 Å². The van der Waals surface area contributed by atoms with E-state index in [0.717, 1.165) is 5.56 Å². The Morgan fingerprint density at radius 2 is 1.68 bits per heavy atom. The number of nitro benzene ring substituents is 1. The molecule has 0 spiro atoms. The van der Waals surface area contributed by atoms with E-state index < -0.39 is 4.92 Å². The number of ether oxygens (including phenoxy) is 1. The molecule has 1 heterocycles. The predicted molar refractivity (Wildman–Crippen MR) is 92.3 cm³/mol. The molecule has 3 aromatic rings. The highest BCUT2D eigenvalue weighted by molar-refractivity contribution is 5.42. The molecule has 0 aliphatic rings. The molecular formula is C18H14N4O3. The van der Waals surface area contributed by atoms with Crippen LogP contribution in [-0.2, 0) is 6.61 Å². The molecule has 0 saturated carbocycles. The summed E-state index contributed by atoms with van der Waals surface area (Å²) in [7, 11) is 0. The van der Waals surface area contributed by atoms with Crippen molar-refractivity contribution in [2.24, 2.45) is 10.2 Å². The van der Waals surface area contributed by atoms with Crippen LogP contribution in [-0.4, -0.2) is 9.91 Å². The maximum absolute atomic E-state index is 10.6. The van der Waals surface area contributed by atoms with Crippen molar-refractivity contribution in [2.75, 3.05) is 0 Å². The minimum atomic E-state index is -0.427. The number of non-ortho nitro benzene ring substituents is 1. The number of pyridine rings is 1. The average molecular weight is 334 g/mol. The first-order valence-electron chi connectivity index (χ1n) is 7.49. The standard InChI is InChI=1S/C18H14N4O3/c23-22(24)17-7-3-14(4-8-17)13-25-18-9-5-15(6-10-18)20-21-16-2-1-11-19-12-16/h1-12H,13H2. The maximum Gasteiger partial charge on any atom is 0.269 e. The number of benzene rings is 2. The number of hydrogen-bond acceptors (Lipinski definition) is 6. The predicted octanol–water partition coefficient (Wildman–Crippen LogP) is 4.98. The molecule has 0 fully saturated rings. The number of azo groups is 1. The molecule has 0 radical (unpaired) electrons. The average Bonchev–Trinajstić information content (AvgIpc) is 2.67. The van der Waals surface area contributed by atoms with Crippen LogP contribution in [0.25, 0.3) is 0 Å². The van der Waals surface area contributed by atoms with Gasteiger partial charge in [-0.2, -0.15) is 5.11 Å². The fourth-order valence-corrected chi connectivity index (χ4v) is 2.02. The van der Waals surface area contributed by atoms with Gasteiger partial charge in [0.15, 0.2) is 0 Å². The van der Waals surface area contributed by atoms with Gasteiger partial charge in [-0.05, 0) is 54.1 Å². The zero-order valence-corrected chi connectivity index (χ0v) is 13.1. The summed E-state index contributed by atoms with van der Waals surface area (Å²) in [5.41, 5.74) is 2.30. The first kappa shape index (κ1) is 16.3. The number of rotatable bonds is 6. The van der Waals surface area contributed by atoms with Crippen LogP contribution < -0.4 is 4.74 Å². The number of aromatic nitrogens is 1. The van der Waals surface area contributed by atoms with Crippen LogP contribution >= 0.6 is 0 Å². The Morgan fingerprint density at radius 3 is 2.32 bits per heavy atom. The molecule has 3 rings (SSSR count). The van der Waals surface area contributed by atoms with E-state index in [2.05, 4.69) is 15.2 Å². The van der Waals surface area contributed by atoms with Gasteiger partial charge < -0.3 is 4.74 Å². The second-order valence-electron chi connectivity index (χ2n) is 5.12. The molecule has 0 N–H and O–H groups in total. The van der Waals surface area contributed by atoms with Crippen LogP contribution in [0.4, 0.5) is 17.1 Å². The third kappa shape index (κ3) is 4.68.